The number of nitrogens with two attached hydrogens (primary N) is 2. The summed E-state index contributed by atoms with van der Waals surface area (Å²) in [7, 11) is 1.53. The second-order valence-electron chi connectivity index (χ2n) is 7.54. The summed E-state index contributed by atoms with van der Waals surface area (Å²) < 4.78 is 7.73. The van der Waals surface area contributed by atoms with E-state index < -0.39 is 6.04 Å². The molecule has 3 aromatic rings. The van der Waals surface area contributed by atoms with Gasteiger partial charge in [-0.1, -0.05) is 22.4 Å². The first-order valence-electron chi connectivity index (χ1n) is 10.4. The van der Waals surface area contributed by atoms with E-state index in [1.165, 1.54) is 11.7 Å². The van der Waals surface area contributed by atoms with Gasteiger partial charge >= 0.3 is 0 Å². The maximum absolute atomic E-state index is 13.1. The average Bonchev–Trinajstić information content (AvgIpc) is 3.20. The minimum Gasteiger partial charge on any atom is -0.496 e. The van der Waals surface area contributed by atoms with Gasteiger partial charge in [0.15, 0.2) is 0 Å². The molecule has 7 nitrogen and oxygen atoms in total. The van der Waals surface area contributed by atoms with Gasteiger partial charge in [-0.2, -0.15) is 10.5 Å². The van der Waals surface area contributed by atoms with Crippen LogP contribution in [0.3, 0.4) is 0 Å². The van der Waals surface area contributed by atoms with E-state index >= 15 is 0 Å². The van der Waals surface area contributed by atoms with Crippen molar-refractivity contribution >= 4 is 69.2 Å². The number of nitrogens with zero attached hydrogens (tertiary/aromatic N) is 3. The Balaban J connectivity index is 0.00000306. The molecule has 0 bridgehead atoms. The molecule has 0 radical (unpaired) electrons. The molecule has 184 valence electrons. The summed E-state index contributed by atoms with van der Waals surface area (Å²) in [5.41, 5.74) is 14.3. The van der Waals surface area contributed by atoms with Crippen LogP contribution in [0, 0.1) is 22.7 Å². The Morgan fingerprint density at radius 2 is 1.94 bits per heavy atom. The van der Waals surface area contributed by atoms with Gasteiger partial charge in [0.05, 0.1) is 41.9 Å². The number of aromatic nitrogens is 1. The van der Waals surface area contributed by atoms with Crippen molar-refractivity contribution in [2.24, 2.45) is 11.5 Å². The maximum Gasteiger partial charge on any atom is 0.247 e. The van der Waals surface area contributed by atoms with Crippen molar-refractivity contribution in [3.63, 3.8) is 0 Å². The molecule has 0 aliphatic rings. The largest absolute Gasteiger partial charge is 0.496 e. The van der Waals surface area contributed by atoms with Crippen LogP contribution in [0.2, 0.25) is 0 Å². The van der Waals surface area contributed by atoms with E-state index in [9.17, 15) is 15.3 Å². The first-order chi connectivity index (χ1) is 15.9. The van der Waals surface area contributed by atoms with Crippen molar-refractivity contribution < 1.29 is 9.53 Å². The lowest BCUT2D eigenvalue weighted by Crippen LogP contribution is -2.34. The quantitative estimate of drug-likeness (QED) is 0.276. The van der Waals surface area contributed by atoms with Gasteiger partial charge < -0.3 is 16.2 Å². The van der Waals surface area contributed by atoms with Crippen molar-refractivity contribution in [3.8, 4) is 17.9 Å². The minimum atomic E-state index is -0.675. The number of halogens is 3. The highest BCUT2D eigenvalue weighted by atomic mass is 79.9. The van der Waals surface area contributed by atoms with Gasteiger partial charge in [0, 0.05) is 27.2 Å². The second-order valence-corrected chi connectivity index (χ2v) is 8.46. The number of carbonyl (C=O) groups is 1. The van der Waals surface area contributed by atoms with Crippen molar-refractivity contribution in [2.45, 2.75) is 25.3 Å². The summed E-state index contributed by atoms with van der Waals surface area (Å²) in [6.45, 7) is 0.554. The normalized spacial score (nSPS) is 11.5. The van der Waals surface area contributed by atoms with E-state index in [1.54, 1.807) is 30.5 Å². The highest BCUT2D eigenvalue weighted by Gasteiger charge is 2.21. The SMILES string of the molecule is COc1ccc(C#N)cc1C=C(C#N)c1cn(C(=O)C(N)CCCCN)c2ccc(Br)cc12.Cl.Cl. The highest BCUT2D eigenvalue weighted by molar-refractivity contribution is 9.10. The molecule has 1 heterocycles. The number of hydrogen-bond acceptors (Lipinski definition) is 6. The van der Waals surface area contributed by atoms with Crippen LogP contribution in [0.15, 0.2) is 47.1 Å². The molecular formula is C25H26BrCl2N5O2. The van der Waals surface area contributed by atoms with Gasteiger partial charge in [-0.3, -0.25) is 9.36 Å². The smallest absolute Gasteiger partial charge is 0.247 e. The third kappa shape index (κ3) is 6.85. The van der Waals surface area contributed by atoms with Crippen LogP contribution in [0.5, 0.6) is 5.75 Å². The zero-order valence-electron chi connectivity index (χ0n) is 19.0. The van der Waals surface area contributed by atoms with E-state index in [2.05, 4.69) is 28.1 Å². The van der Waals surface area contributed by atoms with Gasteiger partial charge in [0.1, 0.15) is 5.75 Å². The standard InChI is InChI=1S/C25H24BrN5O2.2ClH/c1-33-24-8-5-16(13-28)10-17(24)11-18(14-29)21-15-31(23-7-6-19(26)12-20(21)23)25(32)22(30)4-2-3-9-27;;/h5-8,10-12,15,22H,2-4,9,27,30H2,1H3;2*1H. The van der Waals surface area contributed by atoms with E-state index in [0.717, 1.165) is 22.7 Å². The van der Waals surface area contributed by atoms with Crippen molar-refractivity contribution in [2.75, 3.05) is 13.7 Å². The van der Waals surface area contributed by atoms with E-state index in [0.29, 0.717) is 46.5 Å². The number of nitriles is 2. The lowest BCUT2D eigenvalue weighted by Gasteiger charge is -2.11. The Labute approximate surface area is 225 Å². The zero-order valence-corrected chi connectivity index (χ0v) is 22.3. The highest BCUT2D eigenvalue weighted by Crippen LogP contribution is 2.33. The number of fused-ring (bicyclic) bond motifs is 1. The summed E-state index contributed by atoms with van der Waals surface area (Å²) in [5.74, 6) is 0.289. The van der Waals surface area contributed by atoms with Crippen LogP contribution >= 0.6 is 40.7 Å². The number of methoxy groups -OCH3 is 1. The first kappa shape index (κ1) is 30.2. The summed E-state index contributed by atoms with van der Waals surface area (Å²) in [5, 5.41) is 20.0. The van der Waals surface area contributed by atoms with Crippen molar-refractivity contribution in [1.82, 2.24) is 4.57 Å². The molecule has 0 saturated heterocycles. The van der Waals surface area contributed by atoms with Crippen LogP contribution in [-0.4, -0.2) is 30.2 Å². The molecule has 3 rings (SSSR count). The molecule has 1 atom stereocenters. The van der Waals surface area contributed by atoms with Gasteiger partial charge in [-0.05, 0) is 61.9 Å². The minimum absolute atomic E-state index is 0. The Bertz CT molecular complexity index is 1310. The zero-order chi connectivity index (χ0) is 24.0. The maximum atomic E-state index is 13.1. The Morgan fingerprint density at radius 1 is 1.20 bits per heavy atom. The fourth-order valence-corrected chi connectivity index (χ4v) is 4.01. The van der Waals surface area contributed by atoms with Crippen molar-refractivity contribution in [1.29, 1.82) is 10.5 Å². The fraction of sp³-hybridized carbons (Fsp3) is 0.240. The molecule has 0 aliphatic carbocycles. The molecule has 35 heavy (non-hydrogen) atoms. The van der Waals surface area contributed by atoms with E-state index in [-0.39, 0.29) is 30.7 Å². The van der Waals surface area contributed by atoms with Gasteiger partial charge in [-0.15, -0.1) is 24.8 Å². The summed E-state index contributed by atoms with van der Waals surface area (Å²) in [4.78, 5) is 13.1. The van der Waals surface area contributed by atoms with Crippen LogP contribution in [-0.2, 0) is 0 Å². The first-order valence-corrected chi connectivity index (χ1v) is 11.2. The summed E-state index contributed by atoms with van der Waals surface area (Å²) in [6.07, 6.45) is 5.40. The number of ether oxygens (including phenoxy) is 1. The molecule has 10 heteroatoms. The predicted octanol–water partition coefficient (Wildman–Crippen LogP) is 5.29. The Hall–Kier alpha value is -2.85. The van der Waals surface area contributed by atoms with Crippen LogP contribution in [0.25, 0.3) is 22.6 Å². The summed E-state index contributed by atoms with van der Waals surface area (Å²) >= 11 is 3.47. The molecule has 0 fully saturated rings. The number of carbonyl (C=O) groups excluding carboxylic acids is 1. The molecule has 2 aromatic carbocycles. The lowest BCUT2D eigenvalue weighted by molar-refractivity contribution is 0.0879. The monoisotopic (exact) mass is 577 g/mol. The molecule has 0 spiro atoms. The third-order valence-electron chi connectivity index (χ3n) is 5.36. The van der Waals surface area contributed by atoms with Crippen LogP contribution in [0.1, 0.15) is 40.7 Å². The molecule has 1 unspecified atom stereocenters. The molecule has 4 N–H and O–H groups in total. The number of unbranched alkanes of at least 4 members (excludes halogenated alkanes) is 1. The number of rotatable bonds is 8. The molecule has 0 aliphatic heterocycles. The second kappa shape index (κ2) is 13.9. The van der Waals surface area contributed by atoms with E-state index in [4.69, 9.17) is 16.2 Å². The Kier molecular flexibility index (Phi) is 12.0. The molecular weight excluding hydrogens is 553 g/mol. The third-order valence-corrected chi connectivity index (χ3v) is 5.85. The number of allylic oxidation sites excluding steroid dienone is 1. The number of hydrogen-bond donors (Lipinski definition) is 2. The topological polar surface area (TPSA) is 131 Å². The van der Waals surface area contributed by atoms with Gasteiger partial charge in [0.25, 0.3) is 0 Å². The number of benzene rings is 2. The van der Waals surface area contributed by atoms with Crippen LogP contribution < -0.4 is 16.2 Å². The van der Waals surface area contributed by atoms with E-state index in [1.807, 2.05) is 18.2 Å². The molecule has 1 aromatic heterocycles. The van der Waals surface area contributed by atoms with Gasteiger partial charge in [-0.25, -0.2) is 0 Å². The Morgan fingerprint density at radius 3 is 2.57 bits per heavy atom. The van der Waals surface area contributed by atoms with Crippen LogP contribution in [0.4, 0.5) is 0 Å². The lowest BCUT2D eigenvalue weighted by atomic mass is 10.0. The summed E-state index contributed by atoms with van der Waals surface area (Å²) in [6, 6.07) is 14.2. The molecule has 0 saturated carbocycles. The fourth-order valence-electron chi connectivity index (χ4n) is 3.65. The molecule has 0 amide bonds. The van der Waals surface area contributed by atoms with Crippen molar-refractivity contribution in [3.05, 3.63) is 63.8 Å². The average molecular weight is 579 g/mol. The predicted molar refractivity (Wildman–Crippen MR) is 147 cm³/mol. The van der Waals surface area contributed by atoms with Gasteiger partial charge in [0.2, 0.25) is 5.91 Å².